The molecule has 0 aliphatic heterocycles. The zero-order valence-electron chi connectivity index (χ0n) is 11.9. The van der Waals surface area contributed by atoms with Gasteiger partial charge in [-0.1, -0.05) is 0 Å². The Kier molecular flexibility index (Phi) is 4.84. The third kappa shape index (κ3) is 3.67. The number of aromatic nitrogens is 2. The van der Waals surface area contributed by atoms with Crippen LogP contribution in [0.4, 0.5) is 0 Å². The van der Waals surface area contributed by atoms with Crippen molar-refractivity contribution in [2.24, 2.45) is 0 Å². The highest BCUT2D eigenvalue weighted by Gasteiger charge is 2.21. The van der Waals surface area contributed by atoms with Gasteiger partial charge < -0.3 is 25.0 Å². The number of phenolic OH excluding ortho intramolecular Hbond substituents is 3. The molecule has 22 heavy (non-hydrogen) atoms. The molecule has 8 nitrogen and oxygen atoms in total. The van der Waals surface area contributed by atoms with E-state index >= 15 is 0 Å². The quantitative estimate of drug-likeness (QED) is 0.489. The fourth-order valence-electron chi connectivity index (χ4n) is 2.03. The average molecular weight is 307 g/mol. The van der Waals surface area contributed by atoms with Crippen LogP contribution < -0.4 is 5.32 Å². The van der Waals surface area contributed by atoms with Crippen molar-refractivity contribution in [1.29, 1.82) is 0 Å². The summed E-state index contributed by atoms with van der Waals surface area (Å²) in [5.41, 5.74) is 0.915. The fraction of sp³-hybridized carbons (Fsp3) is 0.286. The first kappa shape index (κ1) is 15.6. The molecule has 0 bridgehead atoms. The van der Waals surface area contributed by atoms with Gasteiger partial charge in [-0.15, -0.1) is 0 Å². The predicted octanol–water partition coefficient (Wildman–Crippen LogP) is 0.400. The summed E-state index contributed by atoms with van der Waals surface area (Å²) in [5, 5.41) is 31.7. The summed E-state index contributed by atoms with van der Waals surface area (Å²) in [7, 11) is 1.28. The van der Waals surface area contributed by atoms with E-state index in [0.29, 0.717) is 6.42 Å². The molecule has 0 saturated carbocycles. The summed E-state index contributed by atoms with van der Waals surface area (Å²) in [4.78, 5) is 18.6. The zero-order chi connectivity index (χ0) is 16.1. The number of methoxy groups -OCH3 is 1. The van der Waals surface area contributed by atoms with Gasteiger partial charge in [-0.3, -0.25) is 10.1 Å². The standard InChI is InChI=1S/C14H17N3O5/c1-22-14(21)11(2-8-5-15-7-17-8)16-6-10-12(19)3-9(18)4-13(10)20/h3-5,7,11,16,18-20H,2,6H2,1H3,(H,15,17)/t11-/m0/s1. The number of carbonyl (C=O) groups is 1. The second-order valence-corrected chi connectivity index (χ2v) is 4.70. The first-order chi connectivity index (χ1) is 10.5. The van der Waals surface area contributed by atoms with Gasteiger partial charge in [0.05, 0.1) is 13.4 Å². The van der Waals surface area contributed by atoms with Gasteiger partial charge in [-0.25, -0.2) is 4.98 Å². The number of benzene rings is 1. The molecule has 118 valence electrons. The van der Waals surface area contributed by atoms with Crippen molar-refractivity contribution in [2.45, 2.75) is 19.0 Å². The van der Waals surface area contributed by atoms with E-state index in [1.54, 1.807) is 6.20 Å². The summed E-state index contributed by atoms with van der Waals surface area (Å²) >= 11 is 0. The molecule has 2 aromatic rings. The largest absolute Gasteiger partial charge is 0.508 e. The number of nitrogens with zero attached hydrogens (tertiary/aromatic N) is 1. The van der Waals surface area contributed by atoms with Gasteiger partial charge in [-0.2, -0.15) is 0 Å². The number of H-pyrrole nitrogens is 1. The Morgan fingerprint density at radius 2 is 2.05 bits per heavy atom. The number of imidazole rings is 1. The van der Waals surface area contributed by atoms with Crippen molar-refractivity contribution >= 4 is 5.97 Å². The van der Waals surface area contributed by atoms with Crippen molar-refractivity contribution < 1.29 is 24.9 Å². The number of esters is 1. The number of hydrogen-bond donors (Lipinski definition) is 5. The van der Waals surface area contributed by atoms with Crippen molar-refractivity contribution in [3.05, 3.63) is 35.9 Å². The molecular formula is C14H17N3O5. The molecule has 0 aliphatic carbocycles. The van der Waals surface area contributed by atoms with Gasteiger partial charge in [0.2, 0.25) is 0 Å². The number of carbonyl (C=O) groups excluding carboxylic acids is 1. The predicted molar refractivity (Wildman–Crippen MR) is 76.4 cm³/mol. The number of hydrogen-bond acceptors (Lipinski definition) is 7. The van der Waals surface area contributed by atoms with E-state index in [1.807, 2.05) is 0 Å². The number of ether oxygens (including phenoxy) is 1. The van der Waals surface area contributed by atoms with Crippen LogP contribution in [-0.2, 0) is 22.5 Å². The molecule has 0 radical (unpaired) electrons. The van der Waals surface area contributed by atoms with Gasteiger partial charge in [0, 0.05) is 42.6 Å². The Hall–Kier alpha value is -2.74. The van der Waals surface area contributed by atoms with Gasteiger partial charge in [-0.05, 0) is 0 Å². The van der Waals surface area contributed by atoms with Crippen LogP contribution in [0.15, 0.2) is 24.7 Å². The molecule has 0 spiro atoms. The molecule has 0 amide bonds. The lowest BCUT2D eigenvalue weighted by atomic mass is 10.1. The van der Waals surface area contributed by atoms with Gasteiger partial charge in [0.25, 0.3) is 0 Å². The number of phenols is 3. The highest BCUT2D eigenvalue weighted by molar-refractivity contribution is 5.76. The lowest BCUT2D eigenvalue weighted by Gasteiger charge is -2.17. The number of aromatic amines is 1. The van der Waals surface area contributed by atoms with Crippen LogP contribution in [0, 0.1) is 0 Å². The summed E-state index contributed by atoms with van der Waals surface area (Å²) in [6.07, 6.45) is 3.40. The van der Waals surface area contributed by atoms with Crippen LogP contribution in [0.1, 0.15) is 11.3 Å². The van der Waals surface area contributed by atoms with Crippen LogP contribution in [0.25, 0.3) is 0 Å². The Bertz CT molecular complexity index is 619. The van der Waals surface area contributed by atoms with Gasteiger partial charge in [0.15, 0.2) is 0 Å². The van der Waals surface area contributed by atoms with Crippen LogP contribution in [0.2, 0.25) is 0 Å². The van der Waals surface area contributed by atoms with E-state index in [1.165, 1.54) is 13.4 Å². The van der Waals surface area contributed by atoms with E-state index in [2.05, 4.69) is 15.3 Å². The van der Waals surface area contributed by atoms with E-state index in [9.17, 15) is 20.1 Å². The van der Waals surface area contributed by atoms with Gasteiger partial charge >= 0.3 is 5.97 Å². The maximum Gasteiger partial charge on any atom is 0.323 e. The summed E-state index contributed by atoms with van der Waals surface area (Å²) in [6, 6.07) is 1.54. The Morgan fingerprint density at radius 3 is 2.59 bits per heavy atom. The lowest BCUT2D eigenvalue weighted by molar-refractivity contribution is -0.143. The Balaban J connectivity index is 2.10. The smallest absolute Gasteiger partial charge is 0.323 e. The molecule has 1 heterocycles. The van der Waals surface area contributed by atoms with Crippen molar-refractivity contribution in [3.63, 3.8) is 0 Å². The van der Waals surface area contributed by atoms with Crippen LogP contribution in [0.3, 0.4) is 0 Å². The molecule has 1 aromatic carbocycles. The molecule has 0 aliphatic rings. The molecule has 5 N–H and O–H groups in total. The van der Waals surface area contributed by atoms with Crippen molar-refractivity contribution in [3.8, 4) is 17.2 Å². The van der Waals surface area contributed by atoms with Crippen LogP contribution in [-0.4, -0.2) is 44.4 Å². The van der Waals surface area contributed by atoms with Crippen LogP contribution in [0.5, 0.6) is 17.2 Å². The minimum atomic E-state index is -0.682. The molecule has 0 unspecified atom stereocenters. The summed E-state index contributed by atoms with van der Waals surface area (Å²) in [5.74, 6) is -1.27. The molecule has 8 heteroatoms. The lowest BCUT2D eigenvalue weighted by Crippen LogP contribution is -2.39. The van der Waals surface area contributed by atoms with E-state index in [0.717, 1.165) is 17.8 Å². The minimum Gasteiger partial charge on any atom is -0.508 e. The third-order valence-electron chi connectivity index (χ3n) is 3.18. The Labute approximate surface area is 126 Å². The average Bonchev–Trinajstić information content (AvgIpc) is 2.97. The van der Waals surface area contributed by atoms with Gasteiger partial charge in [0.1, 0.15) is 23.3 Å². The number of rotatable bonds is 6. The molecule has 2 rings (SSSR count). The topological polar surface area (TPSA) is 128 Å². The van der Waals surface area contributed by atoms with Crippen molar-refractivity contribution in [2.75, 3.05) is 7.11 Å². The number of aromatic hydroxyl groups is 3. The van der Waals surface area contributed by atoms with E-state index in [-0.39, 0.29) is 29.4 Å². The first-order valence-electron chi connectivity index (χ1n) is 6.53. The maximum atomic E-state index is 11.8. The highest BCUT2D eigenvalue weighted by atomic mass is 16.5. The SMILES string of the molecule is COC(=O)[C@H](Cc1cnc[nH]1)NCc1c(O)cc(O)cc1O. The zero-order valence-corrected chi connectivity index (χ0v) is 11.9. The van der Waals surface area contributed by atoms with Crippen LogP contribution >= 0.6 is 0 Å². The fourth-order valence-corrected chi connectivity index (χ4v) is 2.03. The Morgan fingerprint density at radius 1 is 1.36 bits per heavy atom. The third-order valence-corrected chi connectivity index (χ3v) is 3.18. The molecular weight excluding hydrogens is 290 g/mol. The molecule has 1 aromatic heterocycles. The normalized spacial score (nSPS) is 12.0. The maximum absolute atomic E-state index is 11.8. The molecule has 0 saturated heterocycles. The molecule has 0 fully saturated rings. The van der Waals surface area contributed by atoms with E-state index < -0.39 is 12.0 Å². The second-order valence-electron chi connectivity index (χ2n) is 4.70. The van der Waals surface area contributed by atoms with Crippen molar-refractivity contribution in [1.82, 2.24) is 15.3 Å². The summed E-state index contributed by atoms with van der Waals surface area (Å²) in [6.45, 7) is 0.0197. The molecule has 1 atom stereocenters. The van der Waals surface area contributed by atoms with E-state index in [4.69, 9.17) is 4.74 Å². The monoisotopic (exact) mass is 307 g/mol. The highest BCUT2D eigenvalue weighted by Crippen LogP contribution is 2.31. The second kappa shape index (κ2) is 6.81. The summed E-state index contributed by atoms with van der Waals surface area (Å²) < 4.78 is 4.73. The minimum absolute atomic E-state index is 0.0197. The number of nitrogens with one attached hydrogen (secondary N) is 2. The first-order valence-corrected chi connectivity index (χ1v) is 6.53.